The smallest absolute Gasteiger partial charge is 0.162 e. The summed E-state index contributed by atoms with van der Waals surface area (Å²) in [7, 11) is 1.56. The highest BCUT2D eigenvalue weighted by atomic mass is 16.5. The fraction of sp³-hybridized carbons (Fsp3) is 0.571. The number of phenolic OH excluding ortho intramolecular Hbond substituents is 1. The zero-order valence-electron chi connectivity index (χ0n) is 11.3. The van der Waals surface area contributed by atoms with Gasteiger partial charge in [0.15, 0.2) is 11.5 Å². The van der Waals surface area contributed by atoms with Crippen molar-refractivity contribution in [3.05, 3.63) is 23.8 Å². The summed E-state index contributed by atoms with van der Waals surface area (Å²) in [5.41, 5.74) is 6.60. The van der Waals surface area contributed by atoms with Gasteiger partial charge >= 0.3 is 0 Å². The van der Waals surface area contributed by atoms with Gasteiger partial charge in [-0.2, -0.15) is 0 Å². The molecule has 1 heterocycles. The van der Waals surface area contributed by atoms with Crippen molar-refractivity contribution in [2.24, 2.45) is 5.73 Å². The number of nitrogens with zero attached hydrogens (tertiary/aromatic N) is 1. The molecule has 1 aliphatic rings. The van der Waals surface area contributed by atoms with E-state index in [9.17, 15) is 5.11 Å². The van der Waals surface area contributed by atoms with Crippen LogP contribution in [0.3, 0.4) is 0 Å². The van der Waals surface area contributed by atoms with Crippen molar-refractivity contribution in [3.8, 4) is 11.5 Å². The number of morpholine rings is 1. The van der Waals surface area contributed by atoms with Crippen molar-refractivity contribution in [1.29, 1.82) is 0 Å². The van der Waals surface area contributed by atoms with Gasteiger partial charge in [0.05, 0.1) is 20.3 Å². The first kappa shape index (κ1) is 14.1. The minimum absolute atomic E-state index is 0.115. The predicted octanol–water partition coefficient (Wildman–Crippen LogP) is 1.12. The molecule has 0 bridgehead atoms. The van der Waals surface area contributed by atoms with Gasteiger partial charge in [-0.3, -0.25) is 4.90 Å². The zero-order chi connectivity index (χ0) is 13.7. The summed E-state index contributed by atoms with van der Waals surface area (Å²) in [6.45, 7) is 3.76. The normalized spacial score (nSPS) is 18.2. The number of ether oxygens (including phenoxy) is 2. The van der Waals surface area contributed by atoms with Crippen LogP contribution in [-0.4, -0.2) is 50.0 Å². The maximum absolute atomic E-state index is 10.3. The number of rotatable bonds is 5. The van der Waals surface area contributed by atoms with Crippen LogP contribution >= 0.6 is 0 Å². The van der Waals surface area contributed by atoms with Crippen LogP contribution < -0.4 is 10.5 Å². The van der Waals surface area contributed by atoms with Crippen molar-refractivity contribution in [2.75, 3.05) is 40.0 Å². The molecule has 0 aliphatic carbocycles. The summed E-state index contributed by atoms with van der Waals surface area (Å²) in [4.78, 5) is 2.31. The number of hydrogen-bond donors (Lipinski definition) is 2. The molecule has 5 nitrogen and oxygen atoms in total. The molecule has 0 aromatic heterocycles. The van der Waals surface area contributed by atoms with Crippen molar-refractivity contribution in [3.63, 3.8) is 0 Å². The predicted molar refractivity (Wildman–Crippen MR) is 73.5 cm³/mol. The first-order valence-corrected chi connectivity index (χ1v) is 6.65. The second-order valence-electron chi connectivity index (χ2n) is 4.64. The molecule has 0 radical (unpaired) electrons. The summed E-state index contributed by atoms with van der Waals surface area (Å²) in [6.07, 6.45) is 0.806. The third-order valence-electron chi connectivity index (χ3n) is 3.54. The number of phenols is 1. The second kappa shape index (κ2) is 6.75. The van der Waals surface area contributed by atoms with E-state index in [1.165, 1.54) is 0 Å². The zero-order valence-corrected chi connectivity index (χ0v) is 11.3. The SMILES string of the molecule is COc1cccc(C(CCN)N2CCOCC2)c1O. The van der Waals surface area contributed by atoms with Crippen LogP contribution in [0.5, 0.6) is 11.5 Å². The Morgan fingerprint density at radius 3 is 2.79 bits per heavy atom. The molecule has 19 heavy (non-hydrogen) atoms. The molecule has 1 aromatic rings. The van der Waals surface area contributed by atoms with Crippen LogP contribution in [0.2, 0.25) is 0 Å². The summed E-state index contributed by atoms with van der Waals surface area (Å²) >= 11 is 0. The Labute approximate surface area is 113 Å². The highest BCUT2D eigenvalue weighted by Gasteiger charge is 2.25. The number of para-hydroxylation sites is 1. The molecule has 106 valence electrons. The van der Waals surface area contributed by atoms with E-state index in [2.05, 4.69) is 4.90 Å². The summed E-state index contributed by atoms with van der Waals surface area (Å²) in [5.74, 6) is 0.725. The van der Waals surface area contributed by atoms with Gasteiger partial charge in [0, 0.05) is 24.7 Å². The molecule has 1 aromatic carbocycles. The topological polar surface area (TPSA) is 68.0 Å². The molecule has 1 aliphatic heterocycles. The third kappa shape index (κ3) is 3.18. The molecule has 3 N–H and O–H groups in total. The standard InChI is InChI=1S/C14H22N2O3/c1-18-13-4-2-3-11(14(13)17)12(5-6-15)16-7-9-19-10-8-16/h2-4,12,17H,5-10,15H2,1H3. The van der Waals surface area contributed by atoms with Gasteiger partial charge in [0.1, 0.15) is 0 Å². The van der Waals surface area contributed by atoms with Crippen molar-refractivity contribution < 1.29 is 14.6 Å². The Morgan fingerprint density at radius 2 is 2.16 bits per heavy atom. The first-order valence-electron chi connectivity index (χ1n) is 6.65. The molecule has 5 heteroatoms. The average molecular weight is 266 g/mol. The number of benzene rings is 1. The van der Waals surface area contributed by atoms with E-state index in [-0.39, 0.29) is 11.8 Å². The first-order chi connectivity index (χ1) is 9.27. The van der Waals surface area contributed by atoms with Crippen LogP contribution in [0.15, 0.2) is 18.2 Å². The molecule has 1 atom stereocenters. The maximum Gasteiger partial charge on any atom is 0.162 e. The Bertz CT molecular complexity index is 406. The van der Waals surface area contributed by atoms with Gasteiger partial charge in [0.25, 0.3) is 0 Å². The summed E-state index contributed by atoms with van der Waals surface area (Å²) < 4.78 is 10.6. The van der Waals surface area contributed by atoms with E-state index in [0.717, 1.165) is 38.3 Å². The number of nitrogens with two attached hydrogens (primary N) is 1. The lowest BCUT2D eigenvalue weighted by molar-refractivity contribution is 0.0142. The Hall–Kier alpha value is -1.30. The minimum Gasteiger partial charge on any atom is -0.504 e. The van der Waals surface area contributed by atoms with Crippen LogP contribution in [0.25, 0.3) is 0 Å². The minimum atomic E-state index is 0.115. The van der Waals surface area contributed by atoms with E-state index in [1.54, 1.807) is 13.2 Å². The maximum atomic E-state index is 10.3. The highest BCUT2D eigenvalue weighted by Crippen LogP contribution is 2.37. The lowest BCUT2D eigenvalue weighted by Crippen LogP contribution is -2.39. The van der Waals surface area contributed by atoms with Gasteiger partial charge in [0.2, 0.25) is 0 Å². The van der Waals surface area contributed by atoms with Gasteiger partial charge in [-0.25, -0.2) is 0 Å². The largest absolute Gasteiger partial charge is 0.504 e. The molecule has 1 saturated heterocycles. The van der Waals surface area contributed by atoms with Crippen molar-refractivity contribution >= 4 is 0 Å². The van der Waals surface area contributed by atoms with Crippen LogP contribution in [0, 0.1) is 0 Å². The Kier molecular flexibility index (Phi) is 5.01. The molecule has 0 saturated carbocycles. The molecule has 0 amide bonds. The fourth-order valence-electron chi connectivity index (χ4n) is 2.55. The Morgan fingerprint density at radius 1 is 1.42 bits per heavy atom. The molecular formula is C14H22N2O3. The molecule has 1 fully saturated rings. The monoisotopic (exact) mass is 266 g/mol. The third-order valence-corrected chi connectivity index (χ3v) is 3.54. The highest BCUT2D eigenvalue weighted by molar-refractivity contribution is 5.46. The van der Waals surface area contributed by atoms with E-state index < -0.39 is 0 Å². The van der Waals surface area contributed by atoms with Gasteiger partial charge in [-0.05, 0) is 19.0 Å². The molecule has 2 rings (SSSR count). The molecule has 1 unspecified atom stereocenters. The quantitative estimate of drug-likeness (QED) is 0.836. The summed E-state index contributed by atoms with van der Waals surface area (Å²) in [6, 6.07) is 5.72. The van der Waals surface area contributed by atoms with Gasteiger partial charge in [-0.1, -0.05) is 12.1 Å². The van der Waals surface area contributed by atoms with E-state index in [1.807, 2.05) is 12.1 Å². The van der Waals surface area contributed by atoms with Crippen LogP contribution in [0.1, 0.15) is 18.0 Å². The van der Waals surface area contributed by atoms with Crippen LogP contribution in [-0.2, 0) is 4.74 Å². The Balaban J connectivity index is 2.27. The lowest BCUT2D eigenvalue weighted by Gasteiger charge is -2.35. The average Bonchev–Trinajstić information content (AvgIpc) is 2.46. The second-order valence-corrected chi connectivity index (χ2v) is 4.64. The number of hydrogen-bond acceptors (Lipinski definition) is 5. The van der Waals surface area contributed by atoms with E-state index in [4.69, 9.17) is 15.2 Å². The molecule has 0 spiro atoms. The van der Waals surface area contributed by atoms with Crippen LogP contribution in [0.4, 0.5) is 0 Å². The molecular weight excluding hydrogens is 244 g/mol. The van der Waals surface area contributed by atoms with Crippen molar-refractivity contribution in [1.82, 2.24) is 4.90 Å². The number of aromatic hydroxyl groups is 1. The van der Waals surface area contributed by atoms with Crippen molar-refractivity contribution in [2.45, 2.75) is 12.5 Å². The number of methoxy groups -OCH3 is 1. The fourth-order valence-corrected chi connectivity index (χ4v) is 2.55. The lowest BCUT2D eigenvalue weighted by atomic mass is 10.00. The van der Waals surface area contributed by atoms with E-state index >= 15 is 0 Å². The van der Waals surface area contributed by atoms with Gasteiger partial charge in [-0.15, -0.1) is 0 Å². The van der Waals surface area contributed by atoms with E-state index in [0.29, 0.717) is 12.3 Å². The summed E-state index contributed by atoms with van der Waals surface area (Å²) in [5, 5.41) is 10.3. The van der Waals surface area contributed by atoms with Gasteiger partial charge < -0.3 is 20.3 Å².